The van der Waals surface area contributed by atoms with Gasteiger partial charge >= 0.3 is 11.9 Å². The molecule has 0 heterocycles. The first-order valence-electron chi connectivity index (χ1n) is 5.74. The molecule has 0 unspecified atom stereocenters. The van der Waals surface area contributed by atoms with Crippen molar-refractivity contribution in [1.82, 2.24) is 0 Å². The van der Waals surface area contributed by atoms with E-state index in [1.807, 2.05) is 30.3 Å². The number of carboxylic acids is 2. The summed E-state index contributed by atoms with van der Waals surface area (Å²) in [6.45, 7) is 0. The van der Waals surface area contributed by atoms with Gasteiger partial charge in [0.25, 0.3) is 0 Å². The van der Waals surface area contributed by atoms with E-state index in [1.165, 1.54) is 0 Å². The summed E-state index contributed by atoms with van der Waals surface area (Å²) in [5.74, 6) is -3.21. The number of rotatable bonds is 3. The maximum atomic E-state index is 11.2. The van der Waals surface area contributed by atoms with Crippen LogP contribution >= 0.6 is 0 Å². The highest BCUT2D eigenvalue weighted by Gasteiger charge is 2.50. The van der Waals surface area contributed by atoms with Gasteiger partial charge in [-0.3, -0.25) is 9.59 Å². The Kier molecular flexibility index (Phi) is 3.09. The van der Waals surface area contributed by atoms with Crippen LogP contribution in [0.15, 0.2) is 30.3 Å². The minimum absolute atomic E-state index is 0.0305. The first kappa shape index (κ1) is 12.6. The van der Waals surface area contributed by atoms with E-state index in [1.54, 1.807) is 0 Å². The zero-order valence-electron chi connectivity index (χ0n) is 9.74. The Morgan fingerprint density at radius 1 is 1.17 bits per heavy atom. The summed E-state index contributed by atoms with van der Waals surface area (Å²) in [7, 11) is 0. The lowest BCUT2D eigenvalue weighted by atomic mass is 9.89. The number of hydrogen-bond acceptors (Lipinski definition) is 3. The van der Waals surface area contributed by atoms with E-state index in [0.29, 0.717) is 0 Å². The average molecular weight is 249 g/mol. The van der Waals surface area contributed by atoms with Gasteiger partial charge in [-0.05, 0) is 24.3 Å². The molecule has 0 radical (unpaired) electrons. The SMILES string of the molecule is N[C@]1(C(=O)O)C[C@@H](C(=O)O)[C@H](c2ccccc2)C1. The van der Waals surface area contributed by atoms with Crippen molar-refractivity contribution in [3.8, 4) is 0 Å². The summed E-state index contributed by atoms with van der Waals surface area (Å²) in [5, 5.41) is 18.3. The molecule has 1 fully saturated rings. The maximum absolute atomic E-state index is 11.2. The van der Waals surface area contributed by atoms with Gasteiger partial charge in [-0.2, -0.15) is 0 Å². The first-order valence-corrected chi connectivity index (χ1v) is 5.74. The average Bonchev–Trinajstić information content (AvgIpc) is 2.70. The van der Waals surface area contributed by atoms with E-state index in [4.69, 9.17) is 10.8 Å². The van der Waals surface area contributed by atoms with Crippen LogP contribution in [-0.4, -0.2) is 27.7 Å². The normalized spacial score (nSPS) is 31.2. The fourth-order valence-electron chi connectivity index (χ4n) is 2.64. The Labute approximate surface area is 104 Å². The van der Waals surface area contributed by atoms with Crippen molar-refractivity contribution in [2.24, 2.45) is 11.7 Å². The van der Waals surface area contributed by atoms with Crippen molar-refractivity contribution in [2.45, 2.75) is 24.3 Å². The van der Waals surface area contributed by atoms with Crippen molar-refractivity contribution >= 4 is 11.9 Å². The molecule has 1 aromatic rings. The molecule has 0 bridgehead atoms. The second-order valence-corrected chi connectivity index (χ2v) is 4.83. The molecule has 1 aliphatic rings. The van der Waals surface area contributed by atoms with Crippen LogP contribution in [-0.2, 0) is 9.59 Å². The molecule has 18 heavy (non-hydrogen) atoms. The lowest BCUT2D eigenvalue weighted by molar-refractivity contribution is -0.144. The molecule has 5 nitrogen and oxygen atoms in total. The van der Waals surface area contributed by atoms with E-state index in [9.17, 15) is 14.7 Å². The molecular weight excluding hydrogens is 234 g/mol. The van der Waals surface area contributed by atoms with Gasteiger partial charge in [-0.1, -0.05) is 30.3 Å². The Morgan fingerprint density at radius 3 is 2.28 bits per heavy atom. The van der Waals surface area contributed by atoms with E-state index in [-0.39, 0.29) is 18.8 Å². The lowest BCUT2D eigenvalue weighted by Gasteiger charge is -2.18. The molecule has 0 amide bonds. The number of carbonyl (C=O) groups is 2. The monoisotopic (exact) mass is 249 g/mol. The van der Waals surface area contributed by atoms with Crippen LogP contribution in [0.3, 0.4) is 0 Å². The number of nitrogens with two attached hydrogens (primary N) is 1. The number of carboxylic acid groups (broad SMARTS) is 2. The molecular formula is C13H15NO4. The largest absolute Gasteiger partial charge is 0.481 e. The summed E-state index contributed by atoms with van der Waals surface area (Å²) in [6.07, 6.45) is 0.126. The van der Waals surface area contributed by atoms with Crippen LogP contribution in [0.5, 0.6) is 0 Å². The van der Waals surface area contributed by atoms with E-state index < -0.39 is 23.4 Å². The molecule has 1 saturated carbocycles. The van der Waals surface area contributed by atoms with Crippen LogP contribution in [0, 0.1) is 5.92 Å². The van der Waals surface area contributed by atoms with Crippen molar-refractivity contribution < 1.29 is 19.8 Å². The molecule has 1 aliphatic carbocycles. The van der Waals surface area contributed by atoms with Crippen molar-refractivity contribution in [3.63, 3.8) is 0 Å². The van der Waals surface area contributed by atoms with Gasteiger partial charge in [0, 0.05) is 0 Å². The van der Waals surface area contributed by atoms with Crippen LogP contribution in [0.2, 0.25) is 0 Å². The maximum Gasteiger partial charge on any atom is 0.323 e. The number of hydrogen-bond donors (Lipinski definition) is 3. The molecule has 3 atom stereocenters. The van der Waals surface area contributed by atoms with Crippen LogP contribution in [0.4, 0.5) is 0 Å². The van der Waals surface area contributed by atoms with Crippen molar-refractivity contribution in [1.29, 1.82) is 0 Å². The highest BCUT2D eigenvalue weighted by molar-refractivity contribution is 5.82. The van der Waals surface area contributed by atoms with Crippen LogP contribution in [0.1, 0.15) is 24.3 Å². The Hall–Kier alpha value is -1.88. The zero-order valence-corrected chi connectivity index (χ0v) is 9.74. The van der Waals surface area contributed by atoms with Gasteiger partial charge < -0.3 is 15.9 Å². The van der Waals surface area contributed by atoms with E-state index in [0.717, 1.165) is 5.56 Å². The minimum atomic E-state index is -1.44. The number of aliphatic carboxylic acids is 2. The summed E-state index contributed by atoms with van der Waals surface area (Å²) >= 11 is 0. The minimum Gasteiger partial charge on any atom is -0.481 e. The number of benzene rings is 1. The van der Waals surface area contributed by atoms with Gasteiger partial charge in [-0.15, -0.1) is 0 Å². The van der Waals surface area contributed by atoms with Gasteiger partial charge in [0.2, 0.25) is 0 Å². The molecule has 1 aromatic carbocycles. The van der Waals surface area contributed by atoms with Crippen LogP contribution in [0.25, 0.3) is 0 Å². The third-order valence-corrected chi connectivity index (χ3v) is 3.62. The summed E-state index contributed by atoms with van der Waals surface area (Å²) < 4.78 is 0. The van der Waals surface area contributed by atoms with Crippen molar-refractivity contribution in [3.05, 3.63) is 35.9 Å². The molecule has 0 spiro atoms. The molecule has 0 saturated heterocycles. The molecule has 4 N–H and O–H groups in total. The van der Waals surface area contributed by atoms with Gasteiger partial charge in [0.05, 0.1) is 5.92 Å². The molecule has 2 rings (SSSR count). The van der Waals surface area contributed by atoms with Gasteiger partial charge in [-0.25, -0.2) is 0 Å². The Bertz CT molecular complexity index is 473. The van der Waals surface area contributed by atoms with E-state index in [2.05, 4.69) is 0 Å². The fraction of sp³-hybridized carbons (Fsp3) is 0.385. The molecule has 96 valence electrons. The second-order valence-electron chi connectivity index (χ2n) is 4.83. The summed E-state index contributed by atoms with van der Waals surface area (Å²) in [5.41, 5.74) is 5.19. The summed E-state index contributed by atoms with van der Waals surface area (Å²) in [6, 6.07) is 9.08. The molecule has 0 aromatic heterocycles. The third kappa shape index (κ3) is 2.09. The van der Waals surface area contributed by atoms with Crippen molar-refractivity contribution in [2.75, 3.05) is 0 Å². The smallest absolute Gasteiger partial charge is 0.323 e. The fourth-order valence-corrected chi connectivity index (χ4v) is 2.64. The molecule has 0 aliphatic heterocycles. The Balaban J connectivity index is 2.34. The second kappa shape index (κ2) is 4.42. The van der Waals surface area contributed by atoms with Crippen LogP contribution < -0.4 is 5.73 Å². The third-order valence-electron chi connectivity index (χ3n) is 3.62. The van der Waals surface area contributed by atoms with Gasteiger partial charge in [0.1, 0.15) is 5.54 Å². The van der Waals surface area contributed by atoms with E-state index >= 15 is 0 Å². The quantitative estimate of drug-likeness (QED) is 0.743. The summed E-state index contributed by atoms with van der Waals surface area (Å²) in [4.78, 5) is 22.4. The first-order chi connectivity index (χ1) is 8.44. The van der Waals surface area contributed by atoms with Gasteiger partial charge in [0.15, 0.2) is 0 Å². The zero-order chi connectivity index (χ0) is 13.3. The standard InChI is InChI=1S/C13H15NO4/c14-13(12(17)18)6-9(10(7-13)11(15)16)8-4-2-1-3-5-8/h1-5,9-10H,6-7,14H2,(H,15,16)(H,17,18)/t9-,10+,13-/m0/s1. The molecule has 5 heteroatoms. The predicted octanol–water partition coefficient (Wildman–Crippen LogP) is 1.05. The predicted molar refractivity (Wildman–Crippen MR) is 64.1 cm³/mol. The lowest BCUT2D eigenvalue weighted by Crippen LogP contribution is -2.45. The topological polar surface area (TPSA) is 101 Å². The Morgan fingerprint density at radius 2 is 1.78 bits per heavy atom. The highest BCUT2D eigenvalue weighted by Crippen LogP contribution is 2.44. The highest BCUT2D eigenvalue weighted by atomic mass is 16.4.